The van der Waals surface area contributed by atoms with Crippen LogP contribution in [0.1, 0.15) is 10.4 Å². The topological polar surface area (TPSA) is 55.8 Å². The summed E-state index contributed by atoms with van der Waals surface area (Å²) in [5, 5.41) is 9.07. The van der Waals surface area contributed by atoms with Crippen LogP contribution in [-0.4, -0.2) is 18.2 Å². The van der Waals surface area contributed by atoms with Crippen molar-refractivity contribution in [1.82, 2.24) is 0 Å². The van der Waals surface area contributed by atoms with Gasteiger partial charge in [-0.1, -0.05) is 6.07 Å². The number of rotatable bonds is 4. The predicted octanol–water partition coefficient (Wildman–Crippen LogP) is 3.32. The molecule has 5 heteroatoms. The number of carbonyl (C=O) groups is 1. The summed E-state index contributed by atoms with van der Waals surface area (Å²) in [6.07, 6.45) is 0. The van der Waals surface area contributed by atoms with Crippen LogP contribution in [0.15, 0.2) is 42.5 Å². The van der Waals surface area contributed by atoms with E-state index in [0.29, 0.717) is 5.75 Å². The molecule has 0 atom stereocenters. The molecule has 0 aliphatic carbocycles. The van der Waals surface area contributed by atoms with E-state index in [1.807, 2.05) is 0 Å². The van der Waals surface area contributed by atoms with Gasteiger partial charge in [-0.2, -0.15) is 0 Å². The van der Waals surface area contributed by atoms with E-state index in [4.69, 9.17) is 14.6 Å². The lowest BCUT2D eigenvalue weighted by molar-refractivity contribution is 0.0694. The molecule has 0 heterocycles. The van der Waals surface area contributed by atoms with Gasteiger partial charge in [0, 0.05) is 12.1 Å². The standard InChI is InChI=1S/C14H11FO4/c1-18-10-5-6-12(14(16)17)13(8-10)19-11-4-2-3-9(15)7-11/h2-8H,1H3,(H,16,17). The highest BCUT2D eigenvalue weighted by Gasteiger charge is 2.13. The molecule has 0 aromatic heterocycles. The second kappa shape index (κ2) is 5.39. The first-order valence-corrected chi connectivity index (χ1v) is 5.45. The average molecular weight is 262 g/mol. The van der Waals surface area contributed by atoms with E-state index >= 15 is 0 Å². The van der Waals surface area contributed by atoms with Gasteiger partial charge in [-0.05, 0) is 24.3 Å². The van der Waals surface area contributed by atoms with E-state index in [1.165, 1.54) is 49.6 Å². The number of hydrogen-bond acceptors (Lipinski definition) is 3. The smallest absolute Gasteiger partial charge is 0.339 e. The lowest BCUT2D eigenvalue weighted by Gasteiger charge is -2.10. The molecule has 0 amide bonds. The molecule has 2 rings (SSSR count). The van der Waals surface area contributed by atoms with Gasteiger partial charge in [0.1, 0.15) is 28.6 Å². The fourth-order valence-electron chi connectivity index (χ4n) is 1.55. The normalized spacial score (nSPS) is 10.0. The first kappa shape index (κ1) is 12.9. The highest BCUT2D eigenvalue weighted by molar-refractivity contribution is 5.91. The Labute approximate surface area is 109 Å². The molecule has 2 aromatic carbocycles. The third-order valence-corrected chi connectivity index (χ3v) is 2.44. The molecular formula is C14H11FO4. The van der Waals surface area contributed by atoms with E-state index < -0.39 is 11.8 Å². The molecule has 0 bridgehead atoms. The fourth-order valence-corrected chi connectivity index (χ4v) is 1.55. The van der Waals surface area contributed by atoms with E-state index in [-0.39, 0.29) is 17.1 Å². The summed E-state index contributed by atoms with van der Waals surface area (Å²) in [6, 6.07) is 9.78. The van der Waals surface area contributed by atoms with Crippen LogP contribution in [0.5, 0.6) is 17.2 Å². The summed E-state index contributed by atoms with van der Waals surface area (Å²) in [7, 11) is 1.46. The summed E-state index contributed by atoms with van der Waals surface area (Å²) >= 11 is 0. The average Bonchev–Trinajstić information content (AvgIpc) is 2.38. The Morgan fingerprint density at radius 1 is 1.16 bits per heavy atom. The zero-order chi connectivity index (χ0) is 13.8. The molecule has 0 saturated carbocycles. The number of aromatic carboxylic acids is 1. The third-order valence-electron chi connectivity index (χ3n) is 2.44. The first-order valence-electron chi connectivity index (χ1n) is 5.45. The Morgan fingerprint density at radius 3 is 2.58 bits per heavy atom. The van der Waals surface area contributed by atoms with Crippen molar-refractivity contribution in [3.05, 3.63) is 53.8 Å². The molecule has 19 heavy (non-hydrogen) atoms. The van der Waals surface area contributed by atoms with E-state index in [2.05, 4.69) is 0 Å². The van der Waals surface area contributed by atoms with Gasteiger partial charge < -0.3 is 14.6 Å². The van der Waals surface area contributed by atoms with Gasteiger partial charge in [-0.15, -0.1) is 0 Å². The van der Waals surface area contributed by atoms with Crippen molar-refractivity contribution < 1.29 is 23.8 Å². The number of benzene rings is 2. The third kappa shape index (κ3) is 3.01. The van der Waals surface area contributed by atoms with Crippen molar-refractivity contribution in [3.63, 3.8) is 0 Å². The van der Waals surface area contributed by atoms with Gasteiger partial charge in [0.05, 0.1) is 7.11 Å². The first-order chi connectivity index (χ1) is 9.10. The summed E-state index contributed by atoms with van der Waals surface area (Å²) in [4.78, 5) is 11.1. The Balaban J connectivity index is 2.39. The summed E-state index contributed by atoms with van der Waals surface area (Å²) in [6.45, 7) is 0. The number of ether oxygens (including phenoxy) is 2. The number of hydrogen-bond donors (Lipinski definition) is 1. The molecular weight excluding hydrogens is 251 g/mol. The van der Waals surface area contributed by atoms with Crippen molar-refractivity contribution in [2.45, 2.75) is 0 Å². The highest BCUT2D eigenvalue weighted by Crippen LogP contribution is 2.29. The zero-order valence-electron chi connectivity index (χ0n) is 10.1. The Morgan fingerprint density at radius 2 is 1.95 bits per heavy atom. The molecule has 0 saturated heterocycles. The van der Waals surface area contributed by atoms with Crippen molar-refractivity contribution in [2.24, 2.45) is 0 Å². The molecule has 0 fully saturated rings. The number of methoxy groups -OCH3 is 1. The number of carboxylic acid groups (broad SMARTS) is 1. The van der Waals surface area contributed by atoms with Crippen LogP contribution in [0.3, 0.4) is 0 Å². The quantitative estimate of drug-likeness (QED) is 0.918. The molecule has 0 spiro atoms. The maximum Gasteiger partial charge on any atom is 0.339 e. The minimum Gasteiger partial charge on any atom is -0.497 e. The Hall–Kier alpha value is -2.56. The molecule has 0 unspecified atom stereocenters. The van der Waals surface area contributed by atoms with Crippen LogP contribution < -0.4 is 9.47 Å². The molecule has 0 aliphatic heterocycles. The summed E-state index contributed by atoms with van der Waals surface area (Å²) in [5.74, 6) is -0.823. The zero-order valence-corrected chi connectivity index (χ0v) is 10.1. The molecule has 0 radical (unpaired) electrons. The van der Waals surface area contributed by atoms with Crippen LogP contribution in [0.4, 0.5) is 4.39 Å². The summed E-state index contributed by atoms with van der Waals surface area (Å²) < 4.78 is 23.5. The Bertz CT molecular complexity index is 610. The largest absolute Gasteiger partial charge is 0.497 e. The maximum absolute atomic E-state index is 13.1. The van der Waals surface area contributed by atoms with Crippen molar-refractivity contribution in [1.29, 1.82) is 0 Å². The predicted molar refractivity (Wildman–Crippen MR) is 66.4 cm³/mol. The minimum absolute atomic E-state index is 0.0231. The molecule has 98 valence electrons. The molecule has 0 aliphatic rings. The lowest BCUT2D eigenvalue weighted by Crippen LogP contribution is -2.00. The van der Waals surface area contributed by atoms with Gasteiger partial charge in [0.25, 0.3) is 0 Å². The number of carboxylic acids is 1. The van der Waals surface area contributed by atoms with Crippen molar-refractivity contribution in [2.75, 3.05) is 7.11 Å². The van der Waals surface area contributed by atoms with Crippen LogP contribution in [-0.2, 0) is 0 Å². The van der Waals surface area contributed by atoms with Crippen molar-refractivity contribution in [3.8, 4) is 17.2 Å². The minimum atomic E-state index is -1.13. The maximum atomic E-state index is 13.1. The fraction of sp³-hybridized carbons (Fsp3) is 0.0714. The van der Waals surface area contributed by atoms with Gasteiger partial charge in [0.15, 0.2) is 0 Å². The monoisotopic (exact) mass is 262 g/mol. The van der Waals surface area contributed by atoms with E-state index in [0.717, 1.165) is 0 Å². The number of halogens is 1. The highest BCUT2D eigenvalue weighted by atomic mass is 19.1. The Kier molecular flexibility index (Phi) is 3.66. The van der Waals surface area contributed by atoms with E-state index in [9.17, 15) is 9.18 Å². The van der Waals surface area contributed by atoms with Gasteiger partial charge in [-0.3, -0.25) is 0 Å². The van der Waals surface area contributed by atoms with Gasteiger partial charge in [-0.25, -0.2) is 9.18 Å². The lowest BCUT2D eigenvalue weighted by atomic mass is 10.2. The van der Waals surface area contributed by atoms with Crippen LogP contribution in [0.25, 0.3) is 0 Å². The second-order valence-electron chi connectivity index (χ2n) is 3.73. The van der Waals surface area contributed by atoms with Crippen LogP contribution in [0.2, 0.25) is 0 Å². The second-order valence-corrected chi connectivity index (χ2v) is 3.73. The summed E-state index contributed by atoms with van der Waals surface area (Å²) in [5.41, 5.74) is -0.0231. The molecule has 4 nitrogen and oxygen atoms in total. The van der Waals surface area contributed by atoms with Crippen LogP contribution in [0, 0.1) is 5.82 Å². The van der Waals surface area contributed by atoms with Crippen LogP contribution >= 0.6 is 0 Å². The molecule has 2 aromatic rings. The SMILES string of the molecule is COc1ccc(C(=O)O)c(Oc2cccc(F)c2)c1. The van der Waals surface area contributed by atoms with Crippen molar-refractivity contribution >= 4 is 5.97 Å². The van der Waals surface area contributed by atoms with E-state index in [1.54, 1.807) is 0 Å². The molecule has 1 N–H and O–H groups in total. The van der Waals surface area contributed by atoms with Gasteiger partial charge >= 0.3 is 5.97 Å². The van der Waals surface area contributed by atoms with Gasteiger partial charge in [0.2, 0.25) is 0 Å².